The minimum absolute atomic E-state index is 0.732. The van der Waals surface area contributed by atoms with Gasteiger partial charge in [-0.25, -0.2) is 0 Å². The van der Waals surface area contributed by atoms with E-state index >= 15 is 0 Å². The summed E-state index contributed by atoms with van der Waals surface area (Å²) in [5, 5.41) is 4.65. The molecular weight excluding hydrogens is 553 g/mol. The lowest BCUT2D eigenvalue weighted by molar-refractivity contribution is 0.167. The van der Waals surface area contributed by atoms with Crippen LogP contribution >= 0.6 is 92.2 Å². The van der Waals surface area contributed by atoms with E-state index < -0.39 is 0 Å². The molecule has 0 bridgehead atoms. The van der Waals surface area contributed by atoms with Gasteiger partial charge in [0.25, 0.3) is 0 Å². The molecule has 2 aromatic rings. The molecule has 3 aliphatic heterocycles. The predicted octanol–water partition coefficient (Wildman–Crippen LogP) is 9.14. The van der Waals surface area contributed by atoms with Gasteiger partial charge in [-0.05, 0) is 22.9 Å². The lowest BCUT2D eigenvalue weighted by Gasteiger charge is -2.07. The van der Waals surface area contributed by atoms with Crippen molar-refractivity contribution >= 4 is 103 Å². The summed E-state index contributed by atoms with van der Waals surface area (Å²) in [6.45, 7) is 2.33. The molecule has 0 fully saturated rings. The summed E-state index contributed by atoms with van der Waals surface area (Å²) in [5.41, 5.74) is 0. The topological polar surface area (TPSA) is 18.5 Å². The largest absolute Gasteiger partial charge is 0.500 e. The Kier molecular flexibility index (Phi) is 9.41. The normalized spacial score (nSPS) is 22.0. The maximum absolute atomic E-state index is 5.81. The zero-order valence-corrected chi connectivity index (χ0v) is 23.5. The van der Waals surface area contributed by atoms with E-state index in [0.717, 1.165) is 37.1 Å². The van der Waals surface area contributed by atoms with Gasteiger partial charge in [-0.15, -0.1) is 23.5 Å². The molecule has 5 rings (SSSR count). The van der Waals surface area contributed by atoms with Crippen molar-refractivity contribution in [1.29, 1.82) is 0 Å². The van der Waals surface area contributed by atoms with Crippen molar-refractivity contribution in [2.75, 3.05) is 37.1 Å². The van der Waals surface area contributed by atoms with Gasteiger partial charge in [0.05, 0.1) is 43.0 Å². The van der Waals surface area contributed by atoms with Gasteiger partial charge in [-0.1, -0.05) is 92.9 Å². The Morgan fingerprint density at radius 1 is 0.656 bits per heavy atom. The molecule has 0 unspecified atom stereocenters. The van der Waals surface area contributed by atoms with Gasteiger partial charge in [0.15, 0.2) is 0 Å². The zero-order chi connectivity index (χ0) is 21.6. The second-order valence-corrected chi connectivity index (χ2v) is 16.4. The molecule has 0 aromatic heterocycles. The third kappa shape index (κ3) is 6.37. The van der Waals surface area contributed by atoms with Gasteiger partial charge in [0.1, 0.15) is 0 Å². The molecule has 0 N–H and O–H groups in total. The summed E-state index contributed by atoms with van der Waals surface area (Å²) in [6, 6.07) is 13.3. The first-order valence-electron chi connectivity index (χ1n) is 9.98. The highest BCUT2D eigenvalue weighted by Gasteiger charge is 2.29. The van der Waals surface area contributed by atoms with Crippen LogP contribution < -0.4 is 0 Å². The number of thioether (sulfide) groups is 6. The van der Waals surface area contributed by atoms with Gasteiger partial charge in [0.2, 0.25) is 0 Å². The van der Waals surface area contributed by atoms with Crippen molar-refractivity contribution < 1.29 is 9.47 Å². The summed E-state index contributed by atoms with van der Waals surface area (Å²) in [7, 11) is 3.51. The molecule has 3 aliphatic rings. The second-order valence-electron chi connectivity index (χ2n) is 6.57. The number of hydrogen-bond donors (Lipinski definition) is 0. The standard InChI is InChI=1S/C22H20O2S8/c1-2-4-16-14-18-17(13-15(16)3-1)29-21(30-18)22-31-19-20(32-22)26-10-6-24-8-12-28-27-11-7-23-5-9-25-19/h1-4,7,11,13-14H,5-6,8-10,12H2/b11-7+. The highest BCUT2D eigenvalue weighted by molar-refractivity contribution is 8.77. The van der Waals surface area contributed by atoms with Gasteiger partial charge in [0, 0.05) is 32.5 Å². The lowest BCUT2D eigenvalue weighted by Crippen LogP contribution is -2.00. The van der Waals surface area contributed by atoms with E-state index in [4.69, 9.17) is 9.47 Å². The Morgan fingerprint density at radius 2 is 1.28 bits per heavy atom. The van der Waals surface area contributed by atoms with E-state index in [-0.39, 0.29) is 0 Å². The van der Waals surface area contributed by atoms with Crippen molar-refractivity contribution in [3.63, 3.8) is 0 Å². The van der Waals surface area contributed by atoms with Crippen molar-refractivity contribution in [2.45, 2.75) is 9.79 Å². The first-order valence-corrected chi connectivity index (χ1v) is 17.6. The van der Waals surface area contributed by atoms with Crippen molar-refractivity contribution in [2.24, 2.45) is 0 Å². The predicted molar refractivity (Wildman–Crippen MR) is 156 cm³/mol. The monoisotopic (exact) mass is 572 g/mol. The van der Waals surface area contributed by atoms with E-state index in [1.807, 2.05) is 82.2 Å². The fourth-order valence-corrected chi connectivity index (χ4v) is 12.9. The summed E-state index contributed by atoms with van der Waals surface area (Å²) in [5.74, 6) is 2.95. The fraction of sp³-hybridized carbons (Fsp3) is 0.273. The Balaban J connectivity index is 1.29. The second kappa shape index (κ2) is 12.4. The van der Waals surface area contributed by atoms with E-state index in [9.17, 15) is 0 Å². The Labute approximate surface area is 222 Å². The number of fused-ring (bicyclic) bond motifs is 2. The van der Waals surface area contributed by atoms with Crippen LogP contribution in [0.4, 0.5) is 0 Å². The first-order chi connectivity index (χ1) is 15.9. The number of ether oxygens (including phenoxy) is 2. The Bertz CT molecular complexity index is 1020. The van der Waals surface area contributed by atoms with Crippen LogP contribution in [0.15, 0.2) is 74.8 Å². The minimum Gasteiger partial charge on any atom is -0.500 e. The van der Waals surface area contributed by atoms with Crippen molar-refractivity contribution in [1.82, 2.24) is 0 Å². The first kappa shape index (κ1) is 24.2. The zero-order valence-electron chi connectivity index (χ0n) is 16.9. The molecular formula is C22H20O2S8. The van der Waals surface area contributed by atoms with Crippen LogP contribution in [-0.2, 0) is 9.47 Å². The number of benzene rings is 2. The van der Waals surface area contributed by atoms with E-state index in [1.165, 1.54) is 37.5 Å². The molecule has 0 spiro atoms. The average molecular weight is 573 g/mol. The Morgan fingerprint density at radius 3 is 2.00 bits per heavy atom. The molecule has 168 valence electrons. The average Bonchev–Trinajstić information content (AvgIpc) is 3.40. The summed E-state index contributed by atoms with van der Waals surface area (Å²) in [4.78, 5) is 2.75. The molecule has 0 atom stereocenters. The molecule has 0 saturated heterocycles. The quantitative estimate of drug-likeness (QED) is 0.283. The van der Waals surface area contributed by atoms with Crippen LogP contribution in [0, 0.1) is 0 Å². The SMILES string of the molecule is C1=C/SSCCOCCSC2=C(SCCO/1)SC(=C1Sc3cc4ccccc4cc3S1)S2. The van der Waals surface area contributed by atoms with Crippen LogP contribution in [0.1, 0.15) is 0 Å². The lowest BCUT2D eigenvalue weighted by atomic mass is 10.1. The number of hydrogen-bond acceptors (Lipinski definition) is 10. The van der Waals surface area contributed by atoms with Gasteiger partial charge in [-0.3, -0.25) is 0 Å². The third-order valence-electron chi connectivity index (χ3n) is 4.40. The van der Waals surface area contributed by atoms with Gasteiger partial charge >= 0.3 is 0 Å². The summed E-state index contributed by atoms with van der Waals surface area (Å²) in [6.07, 6.45) is 1.81. The molecule has 0 radical (unpaired) electrons. The van der Waals surface area contributed by atoms with Crippen LogP contribution in [0.5, 0.6) is 0 Å². The molecule has 10 heteroatoms. The summed E-state index contributed by atoms with van der Waals surface area (Å²) < 4.78 is 17.1. The molecule has 0 aliphatic carbocycles. The maximum atomic E-state index is 5.81. The van der Waals surface area contributed by atoms with Crippen LogP contribution in [0.25, 0.3) is 10.8 Å². The smallest absolute Gasteiger partial charge is 0.0967 e. The molecule has 2 aromatic carbocycles. The highest BCUT2D eigenvalue weighted by Crippen LogP contribution is 2.64. The van der Waals surface area contributed by atoms with Crippen LogP contribution in [0.3, 0.4) is 0 Å². The molecule has 32 heavy (non-hydrogen) atoms. The van der Waals surface area contributed by atoms with Gasteiger partial charge in [-0.2, -0.15) is 0 Å². The Hall–Kier alpha value is 0.480. The molecule has 2 nitrogen and oxygen atoms in total. The van der Waals surface area contributed by atoms with Crippen molar-refractivity contribution in [3.8, 4) is 0 Å². The van der Waals surface area contributed by atoms with E-state index in [1.54, 1.807) is 21.6 Å². The fourth-order valence-electron chi connectivity index (χ4n) is 2.98. The van der Waals surface area contributed by atoms with E-state index in [2.05, 4.69) is 36.4 Å². The number of rotatable bonds is 0. The molecule has 3 heterocycles. The van der Waals surface area contributed by atoms with Gasteiger partial charge < -0.3 is 9.47 Å². The highest BCUT2D eigenvalue weighted by atomic mass is 33.1. The maximum Gasteiger partial charge on any atom is 0.0967 e. The van der Waals surface area contributed by atoms with E-state index in [0.29, 0.717) is 0 Å². The van der Waals surface area contributed by atoms with Crippen LogP contribution in [0.2, 0.25) is 0 Å². The summed E-state index contributed by atoms with van der Waals surface area (Å²) >= 11 is 11.6. The minimum atomic E-state index is 0.732. The molecule has 0 amide bonds. The van der Waals surface area contributed by atoms with Crippen LogP contribution in [-0.4, -0.2) is 37.1 Å². The van der Waals surface area contributed by atoms with Crippen molar-refractivity contribution in [3.05, 3.63) is 65.0 Å². The third-order valence-corrected chi connectivity index (χ3v) is 14.8. The molecule has 0 saturated carbocycles.